The Bertz CT molecular complexity index is 553. The number of aromatic nitrogens is 1. The molecule has 0 unspecified atom stereocenters. The van der Waals surface area contributed by atoms with E-state index in [1.165, 1.54) is 11.1 Å². The molecule has 5 nitrogen and oxygen atoms in total. The summed E-state index contributed by atoms with van der Waals surface area (Å²) < 4.78 is 0. The number of pyridine rings is 1. The zero-order chi connectivity index (χ0) is 13.5. The summed E-state index contributed by atoms with van der Waals surface area (Å²) in [6.45, 7) is 0. The molecule has 1 aromatic heterocycles. The summed E-state index contributed by atoms with van der Waals surface area (Å²) in [5.41, 5.74) is 1.03. The number of benzene rings is 1. The van der Waals surface area contributed by atoms with Crippen LogP contribution in [0.2, 0.25) is 0 Å². The van der Waals surface area contributed by atoms with E-state index in [2.05, 4.69) is 4.98 Å². The summed E-state index contributed by atoms with van der Waals surface area (Å²) in [6.07, 6.45) is 2.12. The summed E-state index contributed by atoms with van der Waals surface area (Å²) in [5, 5.41) is 9.55. The molecule has 0 aliphatic carbocycles. The molecule has 0 saturated carbocycles. The highest BCUT2D eigenvalue weighted by Crippen LogP contribution is 2.12. The molecule has 94 valence electrons. The van der Waals surface area contributed by atoms with Crippen molar-refractivity contribution in [1.82, 2.24) is 9.88 Å². The van der Waals surface area contributed by atoms with Gasteiger partial charge in [-0.2, -0.15) is 0 Å². The first-order valence-corrected chi connectivity index (χ1v) is 5.24. The van der Waals surface area contributed by atoms with E-state index in [1.54, 1.807) is 20.2 Å². The molecule has 1 heterocycles. The fourth-order valence-electron chi connectivity index (χ4n) is 1.19. The number of nitrogens with zero attached hydrogens (tertiary/aromatic N) is 2. The largest absolute Gasteiger partial charge is 0.478 e. The number of aromatic carboxylic acids is 1. The first kappa shape index (κ1) is 13.6. The van der Waals surface area contributed by atoms with E-state index in [0.29, 0.717) is 0 Å². The van der Waals surface area contributed by atoms with Crippen molar-refractivity contribution < 1.29 is 14.7 Å². The second-order valence-corrected chi connectivity index (χ2v) is 3.79. The Labute approximate surface area is 105 Å². The monoisotopic (exact) mass is 246 g/mol. The van der Waals surface area contributed by atoms with Gasteiger partial charge in [0, 0.05) is 25.7 Å². The van der Waals surface area contributed by atoms with Crippen molar-refractivity contribution >= 4 is 23.3 Å². The predicted octanol–water partition coefficient (Wildman–Crippen LogP) is 1.64. The van der Waals surface area contributed by atoms with Crippen LogP contribution in [0.1, 0.15) is 10.4 Å². The van der Waals surface area contributed by atoms with Gasteiger partial charge in [-0.25, -0.2) is 4.79 Å². The van der Waals surface area contributed by atoms with E-state index in [1.807, 2.05) is 24.3 Å². The lowest BCUT2D eigenvalue weighted by Gasteiger charge is -1.97. The van der Waals surface area contributed by atoms with Crippen LogP contribution >= 0.6 is 0 Å². The van der Waals surface area contributed by atoms with Crippen LogP contribution in [-0.4, -0.2) is 41.5 Å². The van der Waals surface area contributed by atoms with E-state index >= 15 is 0 Å². The van der Waals surface area contributed by atoms with E-state index < -0.39 is 5.97 Å². The molecule has 0 saturated heterocycles. The minimum atomic E-state index is -0.946. The Hall–Kier alpha value is -2.43. The summed E-state index contributed by atoms with van der Waals surface area (Å²) in [6, 6.07) is 9.03. The Morgan fingerprint density at radius 2 is 1.94 bits per heavy atom. The molecule has 18 heavy (non-hydrogen) atoms. The van der Waals surface area contributed by atoms with Crippen LogP contribution in [0.25, 0.3) is 10.9 Å². The molecule has 1 amide bonds. The molecule has 1 N–H and O–H groups in total. The van der Waals surface area contributed by atoms with Crippen molar-refractivity contribution in [3.8, 4) is 0 Å². The third-order valence-electron chi connectivity index (χ3n) is 2.05. The number of fused-ring (bicyclic) bond motifs is 1. The fraction of sp³-hybridized carbons (Fsp3) is 0.154. The molecule has 0 bridgehead atoms. The van der Waals surface area contributed by atoms with Crippen LogP contribution in [0, 0.1) is 0 Å². The van der Waals surface area contributed by atoms with Crippen LogP contribution in [-0.2, 0) is 4.79 Å². The third kappa shape index (κ3) is 3.86. The first-order valence-electron chi connectivity index (χ1n) is 5.24. The highest BCUT2D eigenvalue weighted by atomic mass is 16.4. The van der Waals surface area contributed by atoms with Crippen molar-refractivity contribution in [2.75, 3.05) is 14.1 Å². The van der Waals surface area contributed by atoms with Crippen LogP contribution in [0.3, 0.4) is 0 Å². The number of carbonyl (C=O) groups excluding carboxylic acids is 1. The van der Waals surface area contributed by atoms with Crippen LogP contribution in [0.15, 0.2) is 36.5 Å². The molecule has 0 fully saturated rings. The quantitative estimate of drug-likeness (QED) is 0.818. The topological polar surface area (TPSA) is 70.5 Å². The van der Waals surface area contributed by atoms with Crippen LogP contribution in [0.4, 0.5) is 0 Å². The van der Waals surface area contributed by atoms with Gasteiger partial charge >= 0.3 is 5.97 Å². The first-order chi connectivity index (χ1) is 8.54. The minimum absolute atomic E-state index is 0.221. The number of hydrogen-bond acceptors (Lipinski definition) is 3. The minimum Gasteiger partial charge on any atom is -0.478 e. The maximum Gasteiger partial charge on any atom is 0.337 e. The lowest BCUT2D eigenvalue weighted by Crippen LogP contribution is -2.06. The standard InChI is InChI=1S/C10H7NO2.C3H7NO/c12-10(13)8-5-7-3-1-2-4-9(7)11-6-8;1-4(2)3-5/h1-6H,(H,12,13);3H,1-2H3. The molecule has 0 radical (unpaired) electrons. The molecule has 0 aliphatic rings. The Kier molecular flexibility index (Phi) is 4.80. The second kappa shape index (κ2) is 6.34. The van der Waals surface area contributed by atoms with Gasteiger partial charge in [0.2, 0.25) is 6.41 Å². The molecule has 1 aromatic carbocycles. The van der Waals surface area contributed by atoms with Crippen LogP contribution in [0.5, 0.6) is 0 Å². The van der Waals surface area contributed by atoms with E-state index in [-0.39, 0.29) is 5.56 Å². The smallest absolute Gasteiger partial charge is 0.337 e. The normalized spacial score (nSPS) is 9.22. The number of hydrogen-bond donors (Lipinski definition) is 1. The molecule has 2 aromatic rings. The van der Waals surface area contributed by atoms with Crippen LogP contribution < -0.4 is 0 Å². The van der Waals surface area contributed by atoms with Crippen molar-refractivity contribution in [2.45, 2.75) is 0 Å². The van der Waals surface area contributed by atoms with Gasteiger partial charge in [0.15, 0.2) is 0 Å². The molecule has 0 spiro atoms. The van der Waals surface area contributed by atoms with Gasteiger partial charge in [-0.15, -0.1) is 0 Å². The average Bonchev–Trinajstić information content (AvgIpc) is 2.38. The zero-order valence-electron chi connectivity index (χ0n) is 10.2. The van der Waals surface area contributed by atoms with Gasteiger partial charge in [-0.1, -0.05) is 18.2 Å². The van der Waals surface area contributed by atoms with Gasteiger partial charge in [-0.3, -0.25) is 9.78 Å². The summed E-state index contributed by atoms with van der Waals surface area (Å²) in [5.74, 6) is -0.946. The Balaban J connectivity index is 0.000000280. The van der Waals surface area contributed by atoms with Gasteiger partial charge in [0.25, 0.3) is 0 Å². The van der Waals surface area contributed by atoms with Gasteiger partial charge < -0.3 is 10.0 Å². The molecule has 2 rings (SSSR count). The number of carbonyl (C=O) groups is 2. The van der Waals surface area contributed by atoms with Crippen molar-refractivity contribution in [1.29, 1.82) is 0 Å². The van der Waals surface area contributed by atoms with Gasteiger partial charge in [-0.05, 0) is 12.1 Å². The number of amides is 1. The predicted molar refractivity (Wildman–Crippen MR) is 68.5 cm³/mol. The third-order valence-corrected chi connectivity index (χ3v) is 2.05. The summed E-state index contributed by atoms with van der Waals surface area (Å²) >= 11 is 0. The lowest BCUT2D eigenvalue weighted by molar-refractivity contribution is -0.115. The maximum absolute atomic E-state index is 10.6. The van der Waals surface area contributed by atoms with Crippen molar-refractivity contribution in [2.24, 2.45) is 0 Å². The fourth-order valence-corrected chi connectivity index (χ4v) is 1.19. The molecule has 5 heteroatoms. The van der Waals surface area contributed by atoms with Crippen molar-refractivity contribution in [3.05, 3.63) is 42.1 Å². The number of carboxylic acids is 1. The second-order valence-electron chi connectivity index (χ2n) is 3.79. The zero-order valence-corrected chi connectivity index (χ0v) is 10.2. The van der Waals surface area contributed by atoms with Crippen molar-refractivity contribution in [3.63, 3.8) is 0 Å². The molecule has 0 atom stereocenters. The Morgan fingerprint density at radius 1 is 1.33 bits per heavy atom. The number of para-hydroxylation sites is 1. The van der Waals surface area contributed by atoms with E-state index in [9.17, 15) is 9.59 Å². The SMILES string of the molecule is CN(C)C=O.O=C(O)c1cnc2ccccc2c1. The molecule has 0 aliphatic heterocycles. The molecular formula is C13H14N2O3. The maximum atomic E-state index is 10.6. The van der Waals surface area contributed by atoms with Gasteiger partial charge in [0.05, 0.1) is 11.1 Å². The summed E-state index contributed by atoms with van der Waals surface area (Å²) in [7, 11) is 3.38. The number of carboxylic acid groups (broad SMARTS) is 1. The summed E-state index contributed by atoms with van der Waals surface area (Å²) in [4.78, 5) is 25.5. The lowest BCUT2D eigenvalue weighted by atomic mass is 10.2. The highest BCUT2D eigenvalue weighted by molar-refractivity contribution is 5.92. The Morgan fingerprint density at radius 3 is 2.50 bits per heavy atom. The van der Waals surface area contributed by atoms with E-state index in [0.717, 1.165) is 17.3 Å². The highest BCUT2D eigenvalue weighted by Gasteiger charge is 2.03. The van der Waals surface area contributed by atoms with Gasteiger partial charge in [0.1, 0.15) is 0 Å². The number of rotatable bonds is 2. The molecular weight excluding hydrogens is 232 g/mol. The van der Waals surface area contributed by atoms with E-state index in [4.69, 9.17) is 5.11 Å². The average molecular weight is 246 g/mol.